The molecule has 2 aromatic heterocycles. The van der Waals surface area contributed by atoms with E-state index in [1.165, 1.54) is 5.56 Å². The lowest BCUT2D eigenvalue weighted by Crippen LogP contribution is -2.45. The fourth-order valence-corrected chi connectivity index (χ4v) is 4.84. The zero-order chi connectivity index (χ0) is 21.8. The van der Waals surface area contributed by atoms with Crippen LogP contribution in [0.2, 0.25) is 0 Å². The maximum absolute atomic E-state index is 13.1. The Kier molecular flexibility index (Phi) is 6.14. The molecule has 7 nitrogen and oxygen atoms in total. The Labute approximate surface area is 188 Å². The van der Waals surface area contributed by atoms with E-state index in [9.17, 15) is 4.79 Å². The number of benzene rings is 1. The van der Waals surface area contributed by atoms with Crippen LogP contribution in [-0.2, 0) is 11.2 Å². The molecular formula is C25H29N5O2. The summed E-state index contributed by atoms with van der Waals surface area (Å²) < 4.78 is 5.86. The number of hydrogen-bond donors (Lipinski definition) is 0. The van der Waals surface area contributed by atoms with Gasteiger partial charge >= 0.3 is 6.01 Å². The van der Waals surface area contributed by atoms with Crippen molar-refractivity contribution in [1.29, 1.82) is 0 Å². The summed E-state index contributed by atoms with van der Waals surface area (Å²) in [4.78, 5) is 21.3. The molecule has 0 saturated carbocycles. The zero-order valence-corrected chi connectivity index (χ0v) is 18.3. The van der Waals surface area contributed by atoms with E-state index in [1.54, 1.807) is 12.4 Å². The molecule has 3 aromatic rings. The summed E-state index contributed by atoms with van der Waals surface area (Å²) in [6.45, 7) is 3.29. The van der Waals surface area contributed by atoms with E-state index in [4.69, 9.17) is 4.42 Å². The van der Waals surface area contributed by atoms with Crippen molar-refractivity contribution in [2.24, 2.45) is 11.8 Å². The smallest absolute Gasteiger partial charge is 0.318 e. The number of rotatable bonds is 5. The normalized spacial score (nSPS) is 18.1. The fraction of sp³-hybridized carbons (Fsp3) is 0.440. The number of hydrogen-bond acceptors (Lipinski definition) is 6. The number of carbonyl (C=O) groups is 1. The Morgan fingerprint density at radius 3 is 2.34 bits per heavy atom. The van der Waals surface area contributed by atoms with Crippen LogP contribution < -0.4 is 4.90 Å². The summed E-state index contributed by atoms with van der Waals surface area (Å²) >= 11 is 0. The Morgan fingerprint density at radius 1 is 0.906 bits per heavy atom. The maximum Gasteiger partial charge on any atom is 0.318 e. The molecule has 0 atom stereocenters. The number of pyridine rings is 1. The molecule has 2 fully saturated rings. The maximum atomic E-state index is 13.1. The van der Waals surface area contributed by atoms with Crippen LogP contribution in [0.4, 0.5) is 6.01 Å². The van der Waals surface area contributed by atoms with Crippen LogP contribution in [0.3, 0.4) is 0 Å². The average molecular weight is 432 g/mol. The van der Waals surface area contributed by atoms with Crippen LogP contribution in [0.5, 0.6) is 0 Å². The van der Waals surface area contributed by atoms with Crippen molar-refractivity contribution in [2.75, 3.05) is 31.1 Å². The van der Waals surface area contributed by atoms with Crippen molar-refractivity contribution in [3.05, 3.63) is 60.4 Å². The van der Waals surface area contributed by atoms with E-state index < -0.39 is 0 Å². The number of amides is 1. The molecule has 32 heavy (non-hydrogen) atoms. The van der Waals surface area contributed by atoms with Gasteiger partial charge in [0.2, 0.25) is 11.8 Å². The Balaban J connectivity index is 1.10. The van der Waals surface area contributed by atoms with Crippen LogP contribution in [0.15, 0.2) is 59.3 Å². The summed E-state index contributed by atoms with van der Waals surface area (Å²) in [5, 5.41) is 8.38. The lowest BCUT2D eigenvalue weighted by molar-refractivity contribution is -0.137. The minimum absolute atomic E-state index is 0.0968. The highest BCUT2D eigenvalue weighted by molar-refractivity contribution is 5.79. The van der Waals surface area contributed by atoms with Crippen molar-refractivity contribution in [2.45, 2.75) is 32.1 Å². The summed E-state index contributed by atoms with van der Waals surface area (Å²) in [7, 11) is 0. The lowest BCUT2D eigenvalue weighted by atomic mass is 9.88. The minimum Gasteiger partial charge on any atom is -0.403 e. The number of carbonyl (C=O) groups excluding carboxylic acids is 1. The Bertz CT molecular complexity index is 1010. The second kappa shape index (κ2) is 9.51. The van der Waals surface area contributed by atoms with Gasteiger partial charge in [-0.25, -0.2) is 0 Å². The first-order valence-electron chi connectivity index (χ1n) is 11.6. The van der Waals surface area contributed by atoms with Gasteiger partial charge in [0.25, 0.3) is 0 Å². The molecule has 2 saturated heterocycles. The number of anilines is 1. The highest BCUT2D eigenvalue weighted by Crippen LogP contribution is 2.28. The third-order valence-electron chi connectivity index (χ3n) is 6.75. The van der Waals surface area contributed by atoms with Crippen molar-refractivity contribution >= 4 is 11.9 Å². The molecule has 4 heterocycles. The van der Waals surface area contributed by atoms with E-state index in [0.717, 1.165) is 63.8 Å². The monoisotopic (exact) mass is 431 g/mol. The molecule has 0 spiro atoms. The first-order valence-corrected chi connectivity index (χ1v) is 11.6. The van der Waals surface area contributed by atoms with Gasteiger partial charge in [-0.1, -0.05) is 35.4 Å². The van der Waals surface area contributed by atoms with Crippen LogP contribution in [-0.4, -0.2) is 52.2 Å². The average Bonchev–Trinajstić information content (AvgIpc) is 3.36. The van der Waals surface area contributed by atoms with E-state index in [1.807, 2.05) is 12.1 Å². The highest BCUT2D eigenvalue weighted by Gasteiger charge is 2.32. The molecule has 0 aliphatic carbocycles. The van der Waals surface area contributed by atoms with Gasteiger partial charge in [-0.3, -0.25) is 9.78 Å². The molecule has 0 N–H and O–H groups in total. The topological polar surface area (TPSA) is 75.4 Å². The molecule has 2 aliphatic heterocycles. The molecular weight excluding hydrogens is 402 g/mol. The zero-order valence-electron chi connectivity index (χ0n) is 18.3. The SMILES string of the molecule is O=C(C1CCN(c2nnc(-c3ccncc3)o2)CC1)N1CCC(Cc2ccccc2)CC1. The van der Waals surface area contributed by atoms with Gasteiger partial charge in [-0.2, -0.15) is 0 Å². The number of nitrogens with zero attached hydrogens (tertiary/aromatic N) is 5. The van der Waals surface area contributed by atoms with Crippen LogP contribution in [0, 0.1) is 11.8 Å². The summed E-state index contributed by atoms with van der Waals surface area (Å²) in [6, 6.07) is 14.9. The molecule has 2 aliphatic rings. The predicted molar refractivity (Wildman–Crippen MR) is 122 cm³/mol. The molecule has 0 unspecified atom stereocenters. The van der Waals surface area contributed by atoms with Gasteiger partial charge < -0.3 is 14.2 Å². The van der Waals surface area contributed by atoms with Crippen LogP contribution in [0.1, 0.15) is 31.2 Å². The quantitative estimate of drug-likeness (QED) is 0.611. The molecule has 166 valence electrons. The lowest BCUT2D eigenvalue weighted by Gasteiger charge is -2.37. The van der Waals surface area contributed by atoms with E-state index in [0.29, 0.717) is 23.7 Å². The molecule has 7 heteroatoms. The standard InChI is InChI=1S/C25H29N5O2/c31-24(29-14-8-20(9-15-29)18-19-4-2-1-3-5-19)22-10-16-30(17-11-22)25-28-27-23(32-25)21-6-12-26-13-7-21/h1-7,12-13,20,22H,8-11,14-18H2. The number of aromatic nitrogens is 3. The van der Waals surface area contributed by atoms with E-state index in [-0.39, 0.29) is 5.92 Å². The minimum atomic E-state index is 0.0968. The Morgan fingerprint density at radius 2 is 1.62 bits per heavy atom. The van der Waals surface area contributed by atoms with Gasteiger partial charge in [0.15, 0.2) is 0 Å². The van der Waals surface area contributed by atoms with Crippen LogP contribution >= 0.6 is 0 Å². The largest absolute Gasteiger partial charge is 0.403 e. The second-order valence-electron chi connectivity index (χ2n) is 8.85. The van der Waals surface area contributed by atoms with Crippen molar-refractivity contribution in [3.63, 3.8) is 0 Å². The summed E-state index contributed by atoms with van der Waals surface area (Å²) in [6.07, 6.45) is 8.39. The summed E-state index contributed by atoms with van der Waals surface area (Å²) in [5.74, 6) is 1.60. The van der Waals surface area contributed by atoms with Gasteiger partial charge in [-0.15, -0.1) is 5.10 Å². The first kappa shape index (κ1) is 20.7. The van der Waals surface area contributed by atoms with E-state index >= 15 is 0 Å². The fourth-order valence-electron chi connectivity index (χ4n) is 4.84. The van der Waals surface area contributed by atoms with Crippen LogP contribution in [0.25, 0.3) is 11.5 Å². The van der Waals surface area contributed by atoms with Gasteiger partial charge in [0, 0.05) is 50.1 Å². The third-order valence-corrected chi connectivity index (χ3v) is 6.75. The van der Waals surface area contributed by atoms with Crippen molar-refractivity contribution in [1.82, 2.24) is 20.1 Å². The molecule has 1 amide bonds. The summed E-state index contributed by atoms with van der Waals surface area (Å²) in [5.41, 5.74) is 2.26. The first-order chi connectivity index (χ1) is 15.8. The Hall–Kier alpha value is -3.22. The predicted octanol–water partition coefficient (Wildman–Crippen LogP) is 3.83. The van der Waals surface area contributed by atoms with E-state index in [2.05, 4.69) is 55.3 Å². The third kappa shape index (κ3) is 4.66. The van der Waals surface area contributed by atoms with Crippen molar-refractivity contribution in [3.8, 4) is 11.5 Å². The van der Waals surface area contributed by atoms with Gasteiger partial charge in [0.1, 0.15) is 0 Å². The second-order valence-corrected chi connectivity index (χ2v) is 8.85. The molecule has 5 rings (SSSR count). The molecule has 0 radical (unpaired) electrons. The number of piperidine rings is 2. The molecule has 1 aromatic carbocycles. The van der Waals surface area contributed by atoms with Crippen molar-refractivity contribution < 1.29 is 9.21 Å². The molecule has 0 bridgehead atoms. The highest BCUT2D eigenvalue weighted by atomic mass is 16.4. The number of likely N-dealkylation sites (tertiary alicyclic amines) is 1. The van der Waals surface area contributed by atoms with Gasteiger partial charge in [-0.05, 0) is 55.7 Å². The van der Waals surface area contributed by atoms with Gasteiger partial charge in [0.05, 0.1) is 0 Å².